The molecule has 0 atom stereocenters. The van der Waals surface area contributed by atoms with Crippen LogP contribution in [0.1, 0.15) is 10.4 Å². The quantitative estimate of drug-likeness (QED) is 0.624. The Hall–Kier alpha value is -1.77. The van der Waals surface area contributed by atoms with Crippen LogP contribution >= 0.6 is 0 Å². The lowest BCUT2D eigenvalue weighted by Gasteiger charge is -2.08. The summed E-state index contributed by atoms with van der Waals surface area (Å²) in [6, 6.07) is 4.70. The Bertz CT molecular complexity index is 532. The molecular formula is C9H7F3O5S. The van der Waals surface area contributed by atoms with Gasteiger partial charge in [0.25, 0.3) is 0 Å². The SMILES string of the molecule is COc1ccc(C(=O)OS(=O)(=O)C(F)(F)F)cc1. The number of methoxy groups -OCH3 is 1. The van der Waals surface area contributed by atoms with Gasteiger partial charge in [-0.25, -0.2) is 4.79 Å². The number of alkyl halides is 3. The Morgan fingerprint density at radius 2 is 1.67 bits per heavy atom. The molecule has 100 valence electrons. The lowest BCUT2D eigenvalue weighted by molar-refractivity contribution is -0.0525. The number of hydrogen-bond acceptors (Lipinski definition) is 5. The fourth-order valence-electron chi connectivity index (χ4n) is 0.922. The van der Waals surface area contributed by atoms with Crippen LogP contribution in [0.3, 0.4) is 0 Å². The molecule has 0 spiro atoms. The minimum Gasteiger partial charge on any atom is -0.497 e. The molecule has 0 aliphatic carbocycles. The lowest BCUT2D eigenvalue weighted by atomic mass is 10.2. The second kappa shape index (κ2) is 4.84. The fourth-order valence-corrected chi connectivity index (χ4v) is 1.31. The summed E-state index contributed by atoms with van der Waals surface area (Å²) in [6.07, 6.45) is 0. The number of rotatable bonds is 3. The molecule has 1 aromatic rings. The Labute approximate surface area is 100 Å². The number of carbonyl (C=O) groups excluding carboxylic acids is 1. The molecule has 0 saturated carbocycles. The summed E-state index contributed by atoms with van der Waals surface area (Å²) in [5.41, 5.74) is -5.99. The third kappa shape index (κ3) is 3.13. The maximum absolute atomic E-state index is 11.9. The smallest absolute Gasteiger partial charge is 0.497 e. The molecule has 0 heterocycles. The molecule has 0 aliphatic heterocycles. The van der Waals surface area contributed by atoms with Gasteiger partial charge in [-0.3, -0.25) is 0 Å². The van der Waals surface area contributed by atoms with Crippen molar-refractivity contribution in [3.63, 3.8) is 0 Å². The molecule has 0 saturated heterocycles. The predicted octanol–water partition coefficient (Wildman–Crippen LogP) is 1.70. The highest BCUT2D eigenvalue weighted by Crippen LogP contribution is 2.25. The Balaban J connectivity index is 2.89. The third-order valence-corrected chi connectivity index (χ3v) is 2.73. The summed E-state index contributed by atoms with van der Waals surface area (Å²) < 4.78 is 65.1. The Morgan fingerprint density at radius 1 is 1.17 bits per heavy atom. The van der Waals surface area contributed by atoms with E-state index >= 15 is 0 Å². The summed E-state index contributed by atoms with van der Waals surface area (Å²) in [5, 5.41) is 0. The van der Waals surface area contributed by atoms with Crippen LogP contribution in [0.5, 0.6) is 5.75 Å². The van der Waals surface area contributed by atoms with Gasteiger partial charge < -0.3 is 8.92 Å². The fraction of sp³-hybridized carbons (Fsp3) is 0.222. The van der Waals surface area contributed by atoms with Gasteiger partial charge in [0.1, 0.15) is 5.75 Å². The van der Waals surface area contributed by atoms with Crippen molar-refractivity contribution in [1.82, 2.24) is 0 Å². The molecular weight excluding hydrogens is 277 g/mol. The van der Waals surface area contributed by atoms with Gasteiger partial charge in [-0.2, -0.15) is 21.6 Å². The molecule has 5 nitrogen and oxygen atoms in total. The number of benzene rings is 1. The van der Waals surface area contributed by atoms with Crippen LogP contribution in [-0.2, 0) is 14.3 Å². The topological polar surface area (TPSA) is 69.7 Å². The standard InChI is InChI=1S/C9H7F3O5S/c1-16-7-4-2-6(3-5-7)8(13)17-18(14,15)9(10,11)12/h2-5H,1H3. The summed E-state index contributed by atoms with van der Waals surface area (Å²) in [4.78, 5) is 11.2. The molecule has 0 fully saturated rings. The first kappa shape index (κ1) is 14.3. The zero-order valence-corrected chi connectivity index (χ0v) is 9.71. The highest BCUT2D eigenvalue weighted by molar-refractivity contribution is 7.88. The van der Waals surface area contributed by atoms with Crippen LogP contribution in [0.25, 0.3) is 0 Å². The maximum atomic E-state index is 11.9. The van der Waals surface area contributed by atoms with Gasteiger partial charge in [-0.1, -0.05) is 0 Å². The monoisotopic (exact) mass is 284 g/mol. The molecule has 0 aromatic heterocycles. The van der Waals surface area contributed by atoms with Crippen molar-refractivity contribution in [2.45, 2.75) is 5.51 Å². The van der Waals surface area contributed by atoms with Crippen molar-refractivity contribution < 1.29 is 35.3 Å². The molecule has 1 aromatic carbocycles. The highest BCUT2D eigenvalue weighted by Gasteiger charge is 2.49. The molecule has 0 radical (unpaired) electrons. The molecule has 0 amide bonds. The lowest BCUT2D eigenvalue weighted by Crippen LogP contribution is -2.28. The number of hydrogen-bond donors (Lipinski definition) is 0. The van der Waals surface area contributed by atoms with Gasteiger partial charge in [0.2, 0.25) is 0 Å². The van der Waals surface area contributed by atoms with E-state index in [2.05, 4.69) is 4.18 Å². The van der Waals surface area contributed by atoms with Crippen LogP contribution in [0.15, 0.2) is 24.3 Å². The summed E-state index contributed by atoms with van der Waals surface area (Å²) in [6.45, 7) is 0. The summed E-state index contributed by atoms with van der Waals surface area (Å²) in [7, 11) is -4.59. The normalized spacial score (nSPS) is 12.0. The number of carbonyl (C=O) groups is 1. The first-order valence-corrected chi connectivity index (χ1v) is 5.77. The van der Waals surface area contributed by atoms with Gasteiger partial charge in [-0.15, -0.1) is 0 Å². The zero-order chi connectivity index (χ0) is 14.0. The summed E-state index contributed by atoms with van der Waals surface area (Å²) >= 11 is 0. The molecule has 0 aliphatic rings. The van der Waals surface area contributed by atoms with Crippen LogP contribution in [0, 0.1) is 0 Å². The van der Waals surface area contributed by atoms with Crippen LogP contribution < -0.4 is 4.74 Å². The molecule has 1 rings (SSSR count). The van der Waals surface area contributed by atoms with E-state index in [1.807, 2.05) is 0 Å². The minimum atomic E-state index is -5.94. The molecule has 9 heteroatoms. The van der Waals surface area contributed by atoms with Crippen molar-refractivity contribution in [2.24, 2.45) is 0 Å². The first-order valence-electron chi connectivity index (χ1n) is 4.36. The van der Waals surface area contributed by atoms with Crippen molar-refractivity contribution >= 4 is 16.1 Å². The predicted molar refractivity (Wildman–Crippen MR) is 53.4 cm³/mol. The van der Waals surface area contributed by atoms with E-state index in [1.54, 1.807) is 0 Å². The largest absolute Gasteiger partial charge is 0.534 e. The van der Waals surface area contributed by atoms with Crippen LogP contribution in [-0.4, -0.2) is 27.0 Å². The van der Waals surface area contributed by atoms with E-state index in [0.29, 0.717) is 5.75 Å². The number of ether oxygens (including phenoxy) is 1. The van der Waals surface area contributed by atoms with Gasteiger partial charge in [0.15, 0.2) is 0 Å². The third-order valence-electron chi connectivity index (χ3n) is 1.79. The van der Waals surface area contributed by atoms with E-state index in [9.17, 15) is 26.4 Å². The zero-order valence-electron chi connectivity index (χ0n) is 8.89. The van der Waals surface area contributed by atoms with E-state index in [-0.39, 0.29) is 5.56 Å². The Morgan fingerprint density at radius 3 is 2.06 bits per heavy atom. The Kier molecular flexibility index (Phi) is 3.85. The van der Waals surface area contributed by atoms with E-state index < -0.39 is 21.6 Å². The van der Waals surface area contributed by atoms with E-state index in [4.69, 9.17) is 4.74 Å². The highest BCUT2D eigenvalue weighted by atomic mass is 32.2. The summed E-state index contributed by atoms with van der Waals surface area (Å²) in [5.74, 6) is -1.26. The first-order chi connectivity index (χ1) is 8.17. The van der Waals surface area contributed by atoms with E-state index in [0.717, 1.165) is 12.1 Å². The van der Waals surface area contributed by atoms with E-state index in [1.165, 1.54) is 19.2 Å². The second-order valence-corrected chi connectivity index (χ2v) is 4.54. The molecule has 18 heavy (non-hydrogen) atoms. The van der Waals surface area contributed by atoms with Crippen molar-refractivity contribution in [1.29, 1.82) is 0 Å². The van der Waals surface area contributed by atoms with Crippen LogP contribution in [0.2, 0.25) is 0 Å². The maximum Gasteiger partial charge on any atom is 0.534 e. The molecule has 0 N–H and O–H groups in total. The van der Waals surface area contributed by atoms with Crippen LogP contribution in [0.4, 0.5) is 13.2 Å². The van der Waals surface area contributed by atoms with Crippen molar-refractivity contribution in [3.05, 3.63) is 29.8 Å². The number of halogens is 3. The van der Waals surface area contributed by atoms with Crippen molar-refractivity contribution in [2.75, 3.05) is 7.11 Å². The minimum absolute atomic E-state index is 0.344. The van der Waals surface area contributed by atoms with Gasteiger partial charge in [0, 0.05) is 0 Å². The molecule has 0 bridgehead atoms. The average Bonchev–Trinajstić information content (AvgIpc) is 2.27. The second-order valence-electron chi connectivity index (χ2n) is 3.00. The average molecular weight is 284 g/mol. The van der Waals surface area contributed by atoms with Gasteiger partial charge >= 0.3 is 21.6 Å². The van der Waals surface area contributed by atoms with Gasteiger partial charge in [-0.05, 0) is 24.3 Å². The molecule has 0 unspecified atom stereocenters. The van der Waals surface area contributed by atoms with Crippen molar-refractivity contribution in [3.8, 4) is 5.75 Å². The van der Waals surface area contributed by atoms with Gasteiger partial charge in [0.05, 0.1) is 12.7 Å².